The van der Waals surface area contributed by atoms with Gasteiger partial charge in [-0.1, -0.05) is 35.9 Å². The van der Waals surface area contributed by atoms with E-state index in [9.17, 15) is 0 Å². The molecule has 0 bridgehead atoms. The Morgan fingerprint density at radius 2 is 1.75 bits per heavy atom. The predicted molar refractivity (Wildman–Crippen MR) is 83.3 cm³/mol. The van der Waals surface area contributed by atoms with E-state index < -0.39 is 0 Å². The molecule has 20 heavy (non-hydrogen) atoms. The van der Waals surface area contributed by atoms with Crippen LogP contribution in [0.25, 0.3) is 0 Å². The van der Waals surface area contributed by atoms with Crippen molar-refractivity contribution in [3.63, 3.8) is 0 Å². The summed E-state index contributed by atoms with van der Waals surface area (Å²) in [6.07, 6.45) is 0.956. The first-order chi connectivity index (χ1) is 9.53. The van der Waals surface area contributed by atoms with E-state index in [2.05, 4.69) is 68.6 Å². The molecule has 2 aromatic rings. The third-order valence-electron chi connectivity index (χ3n) is 3.77. The van der Waals surface area contributed by atoms with Crippen molar-refractivity contribution in [2.45, 2.75) is 38.8 Å². The molecule has 1 atom stereocenters. The van der Waals surface area contributed by atoms with E-state index in [1.54, 1.807) is 0 Å². The minimum Gasteiger partial charge on any atom is -0.487 e. The van der Waals surface area contributed by atoms with Crippen LogP contribution in [0.5, 0.6) is 5.75 Å². The van der Waals surface area contributed by atoms with Crippen LogP contribution in [0.15, 0.2) is 48.5 Å². The maximum atomic E-state index is 6.07. The summed E-state index contributed by atoms with van der Waals surface area (Å²) < 4.78 is 6.07. The van der Waals surface area contributed by atoms with Crippen molar-refractivity contribution < 1.29 is 4.74 Å². The van der Waals surface area contributed by atoms with Crippen molar-refractivity contribution in [1.82, 2.24) is 0 Å². The van der Waals surface area contributed by atoms with Crippen LogP contribution in [0.3, 0.4) is 0 Å². The summed E-state index contributed by atoms with van der Waals surface area (Å²) in [5.74, 6) is 0.994. The molecule has 0 radical (unpaired) electrons. The molecule has 0 aliphatic carbocycles. The van der Waals surface area contributed by atoms with Gasteiger partial charge in [0, 0.05) is 17.7 Å². The molecule has 1 N–H and O–H groups in total. The largest absolute Gasteiger partial charge is 0.487 e. The van der Waals surface area contributed by atoms with Crippen molar-refractivity contribution in [2.75, 3.05) is 5.32 Å². The highest BCUT2D eigenvalue weighted by molar-refractivity contribution is 5.49. The minimum atomic E-state index is -0.142. The van der Waals surface area contributed by atoms with Crippen LogP contribution in [0.2, 0.25) is 0 Å². The first-order valence-corrected chi connectivity index (χ1v) is 7.15. The highest BCUT2D eigenvalue weighted by Crippen LogP contribution is 2.40. The molecule has 0 spiro atoms. The SMILES string of the molecule is Cc1ccc(NC2CC(C)(C)Oc3ccccc32)cc1. The number of hydrogen-bond acceptors (Lipinski definition) is 2. The van der Waals surface area contributed by atoms with Gasteiger partial charge in [0.1, 0.15) is 11.4 Å². The predicted octanol–water partition coefficient (Wildman–Crippen LogP) is 4.71. The number of fused-ring (bicyclic) bond motifs is 1. The molecule has 0 fully saturated rings. The fourth-order valence-corrected chi connectivity index (χ4v) is 2.78. The van der Waals surface area contributed by atoms with Crippen molar-refractivity contribution in [3.8, 4) is 5.75 Å². The maximum Gasteiger partial charge on any atom is 0.125 e. The second-order valence-corrected chi connectivity index (χ2v) is 6.17. The van der Waals surface area contributed by atoms with Gasteiger partial charge in [-0.2, -0.15) is 0 Å². The molecule has 0 saturated heterocycles. The van der Waals surface area contributed by atoms with E-state index in [1.165, 1.54) is 11.1 Å². The number of rotatable bonds is 2. The first kappa shape index (κ1) is 13.0. The van der Waals surface area contributed by atoms with Gasteiger partial charge in [-0.15, -0.1) is 0 Å². The van der Waals surface area contributed by atoms with Gasteiger partial charge in [-0.3, -0.25) is 0 Å². The molecular formula is C18H21NO. The Labute approximate surface area is 120 Å². The summed E-state index contributed by atoms with van der Waals surface area (Å²) in [4.78, 5) is 0. The second-order valence-electron chi connectivity index (χ2n) is 6.17. The lowest BCUT2D eigenvalue weighted by Gasteiger charge is -2.38. The minimum absolute atomic E-state index is 0.142. The first-order valence-electron chi connectivity index (χ1n) is 7.15. The zero-order valence-corrected chi connectivity index (χ0v) is 12.3. The molecule has 0 saturated carbocycles. The smallest absolute Gasteiger partial charge is 0.125 e. The monoisotopic (exact) mass is 267 g/mol. The van der Waals surface area contributed by atoms with Crippen LogP contribution in [0.4, 0.5) is 5.69 Å². The molecule has 3 rings (SSSR count). The van der Waals surface area contributed by atoms with E-state index >= 15 is 0 Å². The molecular weight excluding hydrogens is 246 g/mol. The topological polar surface area (TPSA) is 21.3 Å². The second kappa shape index (κ2) is 4.86. The van der Waals surface area contributed by atoms with Gasteiger partial charge in [-0.05, 0) is 39.0 Å². The van der Waals surface area contributed by atoms with Crippen LogP contribution < -0.4 is 10.1 Å². The molecule has 1 unspecified atom stereocenters. The van der Waals surface area contributed by atoms with Crippen LogP contribution in [-0.2, 0) is 0 Å². The van der Waals surface area contributed by atoms with E-state index in [1.807, 2.05) is 6.07 Å². The molecule has 1 aliphatic heterocycles. The van der Waals surface area contributed by atoms with Gasteiger partial charge in [0.15, 0.2) is 0 Å². The van der Waals surface area contributed by atoms with E-state index in [0.29, 0.717) is 0 Å². The van der Waals surface area contributed by atoms with Crippen LogP contribution in [0, 0.1) is 6.92 Å². The average Bonchev–Trinajstić information content (AvgIpc) is 2.40. The summed E-state index contributed by atoms with van der Waals surface area (Å²) >= 11 is 0. The van der Waals surface area contributed by atoms with Crippen molar-refractivity contribution >= 4 is 5.69 Å². The quantitative estimate of drug-likeness (QED) is 0.851. The zero-order chi connectivity index (χ0) is 14.2. The fourth-order valence-electron chi connectivity index (χ4n) is 2.78. The summed E-state index contributed by atoms with van der Waals surface area (Å²) in [6, 6.07) is 17.2. The number of anilines is 1. The molecule has 0 aromatic heterocycles. The highest BCUT2D eigenvalue weighted by Gasteiger charge is 2.33. The Morgan fingerprint density at radius 3 is 2.50 bits per heavy atom. The van der Waals surface area contributed by atoms with Gasteiger partial charge < -0.3 is 10.1 Å². The van der Waals surface area contributed by atoms with Gasteiger partial charge in [0.2, 0.25) is 0 Å². The highest BCUT2D eigenvalue weighted by atomic mass is 16.5. The number of nitrogens with one attached hydrogen (secondary N) is 1. The molecule has 1 aliphatic rings. The van der Waals surface area contributed by atoms with Gasteiger partial charge >= 0.3 is 0 Å². The maximum absolute atomic E-state index is 6.07. The number of aryl methyl sites for hydroxylation is 1. The van der Waals surface area contributed by atoms with Gasteiger partial charge in [0.05, 0.1) is 6.04 Å². The van der Waals surface area contributed by atoms with Gasteiger partial charge in [0.25, 0.3) is 0 Å². The van der Waals surface area contributed by atoms with Crippen LogP contribution in [0.1, 0.15) is 37.4 Å². The molecule has 2 heteroatoms. The summed E-state index contributed by atoms with van der Waals surface area (Å²) in [7, 11) is 0. The Hall–Kier alpha value is -1.96. The molecule has 2 nitrogen and oxygen atoms in total. The van der Waals surface area contributed by atoms with Gasteiger partial charge in [-0.25, -0.2) is 0 Å². The van der Waals surface area contributed by atoms with Crippen molar-refractivity contribution in [2.24, 2.45) is 0 Å². The average molecular weight is 267 g/mol. The van der Waals surface area contributed by atoms with E-state index in [4.69, 9.17) is 4.74 Å². The molecule has 104 valence electrons. The Balaban J connectivity index is 1.90. The van der Waals surface area contributed by atoms with Crippen molar-refractivity contribution in [3.05, 3.63) is 59.7 Å². The van der Waals surface area contributed by atoms with Crippen LogP contribution in [-0.4, -0.2) is 5.60 Å². The lowest BCUT2D eigenvalue weighted by molar-refractivity contribution is 0.0759. The molecule has 2 aromatic carbocycles. The van der Waals surface area contributed by atoms with Crippen LogP contribution >= 0.6 is 0 Å². The summed E-state index contributed by atoms with van der Waals surface area (Å²) in [6.45, 7) is 6.40. The number of para-hydroxylation sites is 1. The third kappa shape index (κ3) is 2.64. The molecule has 1 heterocycles. The standard InChI is InChI=1S/C18H21NO/c1-13-8-10-14(11-9-13)19-16-12-18(2,3)20-17-7-5-4-6-15(16)17/h4-11,16,19H,12H2,1-3H3. The summed E-state index contributed by atoms with van der Waals surface area (Å²) in [5, 5.41) is 3.64. The Morgan fingerprint density at radius 1 is 1.05 bits per heavy atom. The summed E-state index contributed by atoms with van der Waals surface area (Å²) in [5.41, 5.74) is 3.54. The van der Waals surface area contributed by atoms with Crippen molar-refractivity contribution in [1.29, 1.82) is 0 Å². The fraction of sp³-hybridized carbons (Fsp3) is 0.333. The third-order valence-corrected chi connectivity index (χ3v) is 3.77. The van der Waals surface area contributed by atoms with E-state index in [0.717, 1.165) is 17.9 Å². The number of hydrogen-bond donors (Lipinski definition) is 1. The normalized spacial score (nSPS) is 19.9. The zero-order valence-electron chi connectivity index (χ0n) is 12.3. The lowest BCUT2D eigenvalue weighted by atomic mass is 9.89. The number of benzene rings is 2. The lowest BCUT2D eigenvalue weighted by Crippen LogP contribution is -2.37. The van der Waals surface area contributed by atoms with E-state index in [-0.39, 0.29) is 11.6 Å². The Bertz CT molecular complexity index is 601. The molecule has 0 amide bonds. The number of ether oxygens (including phenoxy) is 1. The Kier molecular flexibility index (Phi) is 3.17.